The monoisotopic (exact) mass is 213 g/mol. The number of alkyl halides is 1. The molecule has 0 spiro atoms. The molecule has 2 heterocycles. The third-order valence-corrected chi connectivity index (χ3v) is 1.85. The Morgan fingerprint density at radius 1 is 1.36 bits per heavy atom. The third-order valence-electron chi connectivity index (χ3n) is 1.58. The zero-order valence-electron chi connectivity index (χ0n) is 7.50. The first-order chi connectivity index (χ1) is 6.78. The van der Waals surface area contributed by atoms with E-state index in [-0.39, 0.29) is 0 Å². The normalized spacial score (nSPS) is 10.7. The van der Waals surface area contributed by atoms with E-state index < -0.39 is 0 Å². The highest BCUT2D eigenvalue weighted by atomic mass is 35.5. The molecule has 74 valence electrons. The van der Waals surface area contributed by atoms with Crippen molar-refractivity contribution in [2.45, 2.75) is 12.4 Å². The molecule has 0 fully saturated rings. The summed E-state index contributed by atoms with van der Waals surface area (Å²) in [6, 6.07) is 0. The molecule has 7 nitrogen and oxygen atoms in total. The van der Waals surface area contributed by atoms with Crippen molar-refractivity contribution in [3.05, 3.63) is 17.7 Å². The van der Waals surface area contributed by atoms with Crippen LogP contribution >= 0.6 is 11.6 Å². The second-order valence-corrected chi connectivity index (χ2v) is 3.00. The van der Waals surface area contributed by atoms with Crippen molar-refractivity contribution in [3.63, 3.8) is 0 Å². The molecule has 2 aromatic rings. The molecule has 0 aliphatic rings. The number of aromatic nitrogens is 7. The smallest absolute Gasteiger partial charge is 0.196 e. The molecule has 0 N–H and O–H groups in total. The van der Waals surface area contributed by atoms with Gasteiger partial charge in [0.15, 0.2) is 5.82 Å². The van der Waals surface area contributed by atoms with Crippen molar-refractivity contribution in [2.24, 2.45) is 7.05 Å². The minimum absolute atomic E-state index is 0.355. The summed E-state index contributed by atoms with van der Waals surface area (Å²) in [7, 11) is 1.71. The quantitative estimate of drug-likeness (QED) is 0.648. The lowest BCUT2D eigenvalue weighted by Crippen LogP contribution is -2.03. The lowest BCUT2D eigenvalue weighted by molar-refractivity contribution is 0.607. The van der Waals surface area contributed by atoms with Gasteiger partial charge in [-0.1, -0.05) is 5.21 Å². The second kappa shape index (κ2) is 3.70. The molecule has 0 aromatic carbocycles. The fourth-order valence-corrected chi connectivity index (χ4v) is 1.13. The molecule has 0 radical (unpaired) electrons. The van der Waals surface area contributed by atoms with Gasteiger partial charge in [0.25, 0.3) is 0 Å². The Morgan fingerprint density at radius 2 is 2.21 bits per heavy atom. The van der Waals surface area contributed by atoms with Crippen LogP contribution in [0.2, 0.25) is 0 Å². The van der Waals surface area contributed by atoms with E-state index in [0.717, 1.165) is 5.69 Å². The molecule has 0 unspecified atom stereocenters. The highest BCUT2D eigenvalue weighted by Gasteiger charge is 2.04. The van der Waals surface area contributed by atoms with Crippen LogP contribution in [0.25, 0.3) is 0 Å². The average Bonchev–Trinajstić information content (AvgIpc) is 2.76. The van der Waals surface area contributed by atoms with E-state index in [0.29, 0.717) is 18.2 Å². The molecule has 0 aliphatic carbocycles. The van der Waals surface area contributed by atoms with Crippen molar-refractivity contribution in [2.75, 3.05) is 0 Å². The van der Waals surface area contributed by atoms with Crippen molar-refractivity contribution in [1.82, 2.24) is 35.2 Å². The van der Waals surface area contributed by atoms with Gasteiger partial charge in [0.1, 0.15) is 6.54 Å². The summed E-state index contributed by atoms with van der Waals surface area (Å²) >= 11 is 5.58. The van der Waals surface area contributed by atoms with E-state index in [9.17, 15) is 0 Å². The van der Waals surface area contributed by atoms with Gasteiger partial charge in [-0.15, -0.1) is 26.9 Å². The minimum atomic E-state index is 0.355. The van der Waals surface area contributed by atoms with E-state index >= 15 is 0 Å². The molecule has 0 amide bonds. The zero-order valence-corrected chi connectivity index (χ0v) is 8.26. The number of aryl methyl sites for hydroxylation is 1. The summed E-state index contributed by atoms with van der Waals surface area (Å²) in [6.45, 7) is 0.456. The number of nitrogens with zero attached hydrogens (tertiary/aromatic N) is 7. The maximum absolute atomic E-state index is 5.58. The fourth-order valence-electron chi connectivity index (χ4n) is 1.01. The van der Waals surface area contributed by atoms with Gasteiger partial charge in [0, 0.05) is 0 Å². The fraction of sp³-hybridized carbons (Fsp3) is 0.500. The van der Waals surface area contributed by atoms with Crippen LogP contribution in [0, 0.1) is 0 Å². The van der Waals surface area contributed by atoms with Crippen LogP contribution in [-0.4, -0.2) is 35.2 Å². The van der Waals surface area contributed by atoms with Gasteiger partial charge in [0.05, 0.1) is 24.8 Å². The molecular weight excluding hydrogens is 206 g/mol. The van der Waals surface area contributed by atoms with E-state index in [2.05, 4.69) is 25.7 Å². The Morgan fingerprint density at radius 3 is 2.79 bits per heavy atom. The number of hydrogen-bond acceptors (Lipinski definition) is 5. The van der Waals surface area contributed by atoms with E-state index in [1.807, 2.05) is 0 Å². The number of tetrazole rings is 1. The first-order valence-electron chi connectivity index (χ1n) is 3.96. The molecule has 0 atom stereocenters. The molecular formula is C6H8ClN7. The Kier molecular flexibility index (Phi) is 2.40. The predicted molar refractivity (Wildman–Crippen MR) is 47.5 cm³/mol. The van der Waals surface area contributed by atoms with Crippen LogP contribution in [0.15, 0.2) is 6.20 Å². The molecule has 0 saturated carbocycles. The van der Waals surface area contributed by atoms with Gasteiger partial charge in [0.2, 0.25) is 0 Å². The first-order valence-corrected chi connectivity index (χ1v) is 4.49. The molecule has 0 saturated heterocycles. The van der Waals surface area contributed by atoms with Crippen molar-refractivity contribution < 1.29 is 0 Å². The summed E-state index contributed by atoms with van der Waals surface area (Å²) in [5.74, 6) is 0.951. The van der Waals surface area contributed by atoms with E-state index in [4.69, 9.17) is 11.6 Å². The Hall–Kier alpha value is -1.50. The van der Waals surface area contributed by atoms with Crippen molar-refractivity contribution in [3.8, 4) is 0 Å². The average molecular weight is 214 g/mol. The van der Waals surface area contributed by atoms with E-state index in [1.54, 1.807) is 17.9 Å². The largest absolute Gasteiger partial charge is 0.244 e. The molecule has 2 aromatic heterocycles. The Labute approximate surface area is 84.7 Å². The zero-order chi connectivity index (χ0) is 9.97. The molecule has 8 heteroatoms. The summed E-state index contributed by atoms with van der Waals surface area (Å²) in [6.07, 6.45) is 1.75. The maximum Gasteiger partial charge on any atom is 0.196 e. The molecule has 2 rings (SSSR count). The summed E-state index contributed by atoms with van der Waals surface area (Å²) in [4.78, 5) is 1.40. The van der Waals surface area contributed by atoms with Crippen LogP contribution < -0.4 is 0 Å². The lowest BCUT2D eigenvalue weighted by atomic mass is 10.5. The van der Waals surface area contributed by atoms with Crippen LogP contribution in [0.5, 0.6) is 0 Å². The predicted octanol–water partition coefficient (Wildman–Crippen LogP) is -0.411. The van der Waals surface area contributed by atoms with Gasteiger partial charge in [-0.2, -0.15) is 4.80 Å². The SMILES string of the molecule is Cn1nnc(Cn2cc(CCl)nn2)n1. The highest BCUT2D eigenvalue weighted by molar-refractivity contribution is 6.16. The lowest BCUT2D eigenvalue weighted by Gasteiger charge is -1.91. The topological polar surface area (TPSA) is 74.3 Å². The summed E-state index contributed by atoms with van der Waals surface area (Å²) < 4.78 is 1.62. The number of hydrogen-bond donors (Lipinski definition) is 0. The van der Waals surface area contributed by atoms with Gasteiger partial charge < -0.3 is 0 Å². The summed E-state index contributed by atoms with van der Waals surface area (Å²) in [5, 5.41) is 19.2. The van der Waals surface area contributed by atoms with Crippen LogP contribution in [-0.2, 0) is 19.5 Å². The standard InChI is InChI=1S/C6H8ClN7/c1-13-10-6(9-11-13)4-14-3-5(2-7)8-12-14/h3H,2,4H2,1H3. The van der Waals surface area contributed by atoms with Crippen LogP contribution in [0.1, 0.15) is 11.5 Å². The van der Waals surface area contributed by atoms with Crippen molar-refractivity contribution >= 4 is 11.6 Å². The Bertz CT molecular complexity index is 419. The van der Waals surface area contributed by atoms with Crippen LogP contribution in [0.4, 0.5) is 0 Å². The molecule has 0 bridgehead atoms. The highest BCUT2D eigenvalue weighted by Crippen LogP contribution is 1.98. The van der Waals surface area contributed by atoms with Gasteiger partial charge in [-0.25, -0.2) is 4.68 Å². The second-order valence-electron chi connectivity index (χ2n) is 2.74. The minimum Gasteiger partial charge on any atom is -0.244 e. The van der Waals surface area contributed by atoms with Gasteiger partial charge >= 0.3 is 0 Å². The number of halogens is 1. The Balaban J connectivity index is 2.10. The molecule has 0 aliphatic heterocycles. The third kappa shape index (κ3) is 1.87. The van der Waals surface area contributed by atoms with E-state index in [1.165, 1.54) is 4.80 Å². The summed E-state index contributed by atoms with van der Waals surface area (Å²) in [5.41, 5.74) is 0.732. The van der Waals surface area contributed by atoms with Gasteiger partial charge in [-0.3, -0.25) is 0 Å². The van der Waals surface area contributed by atoms with Crippen LogP contribution in [0.3, 0.4) is 0 Å². The van der Waals surface area contributed by atoms with Crippen molar-refractivity contribution in [1.29, 1.82) is 0 Å². The van der Waals surface area contributed by atoms with Gasteiger partial charge in [-0.05, 0) is 5.21 Å². The molecule has 14 heavy (non-hydrogen) atoms. The maximum atomic E-state index is 5.58. The first kappa shape index (κ1) is 9.07. The number of rotatable bonds is 3.